The zero-order chi connectivity index (χ0) is 23.4. The van der Waals surface area contributed by atoms with E-state index in [1.807, 2.05) is 39.0 Å². The molecule has 0 bridgehead atoms. The molecule has 0 fully saturated rings. The summed E-state index contributed by atoms with van der Waals surface area (Å²) in [5.74, 6) is 0.890. The lowest BCUT2D eigenvalue weighted by Crippen LogP contribution is -2.29. The molecule has 0 radical (unpaired) electrons. The molecule has 1 N–H and O–H groups in total. The van der Waals surface area contributed by atoms with Crippen LogP contribution in [0.5, 0.6) is 11.5 Å². The van der Waals surface area contributed by atoms with Gasteiger partial charge >= 0.3 is 0 Å². The van der Waals surface area contributed by atoms with Crippen LogP contribution in [-0.2, 0) is 0 Å². The first kappa shape index (κ1) is 21.9. The molecule has 0 saturated heterocycles. The Kier molecular flexibility index (Phi) is 6.26. The van der Waals surface area contributed by atoms with Gasteiger partial charge in [-0.3, -0.25) is 19.6 Å². The Labute approximate surface area is 191 Å². The number of hydrogen-bond acceptors (Lipinski definition) is 6. The number of carbonyl (C=O) groups is 1. The van der Waals surface area contributed by atoms with Gasteiger partial charge in [0, 0.05) is 42.0 Å². The van der Waals surface area contributed by atoms with E-state index in [0.29, 0.717) is 17.3 Å². The van der Waals surface area contributed by atoms with Crippen molar-refractivity contribution in [3.8, 4) is 22.8 Å². The van der Waals surface area contributed by atoms with E-state index < -0.39 is 5.91 Å². The highest BCUT2D eigenvalue weighted by molar-refractivity contribution is 6.03. The van der Waals surface area contributed by atoms with Crippen molar-refractivity contribution in [2.45, 2.75) is 26.8 Å². The fourth-order valence-electron chi connectivity index (χ4n) is 3.18. The van der Waals surface area contributed by atoms with Gasteiger partial charge in [0.1, 0.15) is 22.9 Å². The number of ether oxygens (including phenoxy) is 1. The maximum absolute atomic E-state index is 12.6. The van der Waals surface area contributed by atoms with Crippen molar-refractivity contribution in [3.63, 3.8) is 0 Å². The number of carbonyl (C=O) groups excluding carboxylic acids is 1. The number of hydrogen-bond donors (Lipinski definition) is 1. The number of aryl methyl sites for hydroxylation is 1. The first-order valence-electron chi connectivity index (χ1n) is 10.5. The van der Waals surface area contributed by atoms with Crippen LogP contribution in [0.3, 0.4) is 0 Å². The van der Waals surface area contributed by atoms with Crippen molar-refractivity contribution in [3.05, 3.63) is 94.9 Å². The molecule has 0 aromatic carbocycles. The minimum absolute atomic E-state index is 0.0456. The van der Waals surface area contributed by atoms with E-state index in [0.717, 1.165) is 17.0 Å². The standard InChI is InChI=1S/C25H23N5O3/c1-16(2)30-12-4-5-21(25(30)32)24(31)29-23-9-8-20(15-28-23)33-19-10-11-26-22(13-19)18-7-6-17(3)27-14-18/h4-16H,1-3H3,(H,28,29,31). The normalized spacial score (nSPS) is 10.8. The van der Waals surface area contributed by atoms with Gasteiger partial charge in [0.05, 0.1) is 11.9 Å². The van der Waals surface area contributed by atoms with Crippen LogP contribution in [0.25, 0.3) is 11.3 Å². The molecule has 4 heterocycles. The van der Waals surface area contributed by atoms with Crippen LogP contribution in [0.2, 0.25) is 0 Å². The lowest BCUT2D eigenvalue weighted by Gasteiger charge is -2.11. The third kappa shape index (κ3) is 5.12. The Hall–Kier alpha value is -4.33. The number of amides is 1. The first-order chi connectivity index (χ1) is 15.9. The molecule has 0 atom stereocenters. The SMILES string of the molecule is Cc1ccc(-c2cc(Oc3ccc(NC(=O)c4cccn(C(C)C)c4=O)nc3)ccn2)cn1. The van der Waals surface area contributed by atoms with Gasteiger partial charge in [0.15, 0.2) is 0 Å². The average Bonchev–Trinajstić information content (AvgIpc) is 2.81. The topological polar surface area (TPSA) is 99.0 Å². The van der Waals surface area contributed by atoms with Gasteiger partial charge in [-0.05, 0) is 63.2 Å². The summed E-state index contributed by atoms with van der Waals surface area (Å²) in [6.45, 7) is 5.69. The van der Waals surface area contributed by atoms with Crippen LogP contribution >= 0.6 is 0 Å². The van der Waals surface area contributed by atoms with Crippen LogP contribution in [-0.4, -0.2) is 25.4 Å². The van der Waals surface area contributed by atoms with Crippen LogP contribution in [0, 0.1) is 6.92 Å². The number of nitrogens with one attached hydrogen (secondary N) is 1. The summed E-state index contributed by atoms with van der Waals surface area (Å²) in [6.07, 6.45) is 6.59. The summed E-state index contributed by atoms with van der Waals surface area (Å²) in [5, 5.41) is 2.66. The number of pyridine rings is 4. The Bertz CT molecular complexity index is 1330. The molecule has 0 aliphatic rings. The van der Waals surface area contributed by atoms with E-state index >= 15 is 0 Å². The van der Waals surface area contributed by atoms with Crippen molar-refractivity contribution in [2.75, 3.05) is 5.32 Å². The molecular formula is C25H23N5O3. The second-order valence-corrected chi connectivity index (χ2v) is 7.73. The number of rotatable bonds is 6. The number of nitrogens with zero attached hydrogens (tertiary/aromatic N) is 4. The van der Waals surface area contributed by atoms with Gasteiger partial charge in [0.2, 0.25) is 0 Å². The summed E-state index contributed by atoms with van der Waals surface area (Å²) >= 11 is 0. The highest BCUT2D eigenvalue weighted by atomic mass is 16.5. The third-order valence-electron chi connectivity index (χ3n) is 4.93. The molecule has 8 heteroatoms. The molecule has 166 valence electrons. The maximum Gasteiger partial charge on any atom is 0.263 e. The molecule has 4 aromatic rings. The molecule has 4 rings (SSSR count). The Morgan fingerprint density at radius 2 is 1.85 bits per heavy atom. The molecule has 0 saturated carbocycles. The Morgan fingerprint density at radius 1 is 1.00 bits per heavy atom. The minimum Gasteiger partial charge on any atom is -0.456 e. The molecule has 0 spiro atoms. The van der Waals surface area contributed by atoms with Crippen LogP contribution in [0.1, 0.15) is 35.9 Å². The Morgan fingerprint density at radius 3 is 2.55 bits per heavy atom. The van der Waals surface area contributed by atoms with Crippen LogP contribution in [0.15, 0.2) is 78.1 Å². The lowest BCUT2D eigenvalue weighted by molar-refractivity contribution is 0.102. The monoisotopic (exact) mass is 441 g/mol. The maximum atomic E-state index is 12.6. The highest BCUT2D eigenvalue weighted by Gasteiger charge is 2.14. The fraction of sp³-hybridized carbons (Fsp3) is 0.160. The van der Waals surface area contributed by atoms with Gasteiger partial charge in [-0.15, -0.1) is 0 Å². The third-order valence-corrected chi connectivity index (χ3v) is 4.93. The average molecular weight is 441 g/mol. The molecule has 1 amide bonds. The van der Waals surface area contributed by atoms with Crippen molar-refractivity contribution >= 4 is 11.7 Å². The second-order valence-electron chi connectivity index (χ2n) is 7.73. The van der Waals surface area contributed by atoms with Gasteiger partial charge in [-0.25, -0.2) is 4.98 Å². The van der Waals surface area contributed by atoms with Crippen LogP contribution < -0.4 is 15.6 Å². The minimum atomic E-state index is -0.512. The predicted molar refractivity (Wildman–Crippen MR) is 126 cm³/mol. The number of aromatic nitrogens is 4. The first-order valence-corrected chi connectivity index (χ1v) is 10.5. The molecule has 0 aliphatic heterocycles. The van der Waals surface area contributed by atoms with E-state index in [-0.39, 0.29) is 17.2 Å². The van der Waals surface area contributed by atoms with Crippen molar-refractivity contribution in [1.29, 1.82) is 0 Å². The van der Waals surface area contributed by atoms with Crippen molar-refractivity contribution in [1.82, 2.24) is 19.5 Å². The lowest BCUT2D eigenvalue weighted by atomic mass is 10.2. The van der Waals surface area contributed by atoms with E-state index in [4.69, 9.17) is 4.74 Å². The summed E-state index contributed by atoms with van der Waals surface area (Å²) < 4.78 is 7.39. The van der Waals surface area contributed by atoms with E-state index in [1.165, 1.54) is 16.8 Å². The molecular weight excluding hydrogens is 418 g/mol. The van der Waals surface area contributed by atoms with Crippen molar-refractivity contribution < 1.29 is 9.53 Å². The molecule has 8 nitrogen and oxygen atoms in total. The van der Waals surface area contributed by atoms with E-state index in [9.17, 15) is 9.59 Å². The summed E-state index contributed by atoms with van der Waals surface area (Å²) in [4.78, 5) is 38.0. The quantitative estimate of drug-likeness (QED) is 0.468. The fourth-order valence-corrected chi connectivity index (χ4v) is 3.18. The van der Waals surface area contributed by atoms with Gasteiger partial charge < -0.3 is 14.6 Å². The second kappa shape index (κ2) is 9.44. The molecule has 33 heavy (non-hydrogen) atoms. The smallest absolute Gasteiger partial charge is 0.263 e. The van der Waals surface area contributed by atoms with Crippen molar-refractivity contribution in [2.24, 2.45) is 0 Å². The summed E-state index contributed by atoms with van der Waals surface area (Å²) in [7, 11) is 0. The molecule has 4 aromatic heterocycles. The van der Waals surface area contributed by atoms with E-state index in [2.05, 4.69) is 20.3 Å². The highest BCUT2D eigenvalue weighted by Crippen LogP contribution is 2.25. The molecule has 0 aliphatic carbocycles. The van der Waals surface area contributed by atoms with Gasteiger partial charge in [-0.2, -0.15) is 0 Å². The zero-order valence-corrected chi connectivity index (χ0v) is 18.5. The largest absolute Gasteiger partial charge is 0.456 e. The van der Waals surface area contributed by atoms with Gasteiger partial charge in [0.25, 0.3) is 11.5 Å². The van der Waals surface area contributed by atoms with Crippen LogP contribution in [0.4, 0.5) is 5.82 Å². The Balaban J connectivity index is 1.46. The summed E-state index contributed by atoms with van der Waals surface area (Å²) in [5.41, 5.74) is 2.28. The summed E-state index contributed by atoms with van der Waals surface area (Å²) in [6, 6.07) is 13.9. The zero-order valence-electron chi connectivity index (χ0n) is 18.5. The number of anilines is 1. The van der Waals surface area contributed by atoms with Gasteiger partial charge in [-0.1, -0.05) is 0 Å². The molecule has 0 unspecified atom stereocenters. The van der Waals surface area contributed by atoms with E-state index in [1.54, 1.807) is 42.9 Å². The predicted octanol–water partition coefficient (Wildman–Crippen LogP) is 4.63.